The van der Waals surface area contributed by atoms with Gasteiger partial charge in [0.25, 0.3) is 0 Å². The SMILES string of the molecule is CC1=CC(CNCc2ccccc2)=CC(c2ccc(N)c(C(=N)c3nc4c([nH]3)CC(C)=CC=C4c3ccc(C)s3)c2F)=CC1. The van der Waals surface area contributed by atoms with Crippen LogP contribution in [0.1, 0.15) is 63.9 Å². The van der Waals surface area contributed by atoms with E-state index in [9.17, 15) is 0 Å². The van der Waals surface area contributed by atoms with Crippen LogP contribution < -0.4 is 11.1 Å². The van der Waals surface area contributed by atoms with Gasteiger partial charge in [0.05, 0.1) is 11.3 Å². The monoisotopic (exact) mass is 601 g/mol. The van der Waals surface area contributed by atoms with Gasteiger partial charge < -0.3 is 16.0 Å². The molecule has 6 rings (SSSR count). The number of benzene rings is 2. The van der Waals surface area contributed by atoms with Crippen LogP contribution in [0, 0.1) is 18.2 Å². The fraction of sp³-hybridized carbons (Fsp3) is 0.189. The zero-order chi connectivity index (χ0) is 30.8. The van der Waals surface area contributed by atoms with Crippen molar-refractivity contribution in [1.82, 2.24) is 15.3 Å². The van der Waals surface area contributed by atoms with Gasteiger partial charge in [-0.1, -0.05) is 71.9 Å². The summed E-state index contributed by atoms with van der Waals surface area (Å²) in [7, 11) is 0. The van der Waals surface area contributed by atoms with Crippen molar-refractivity contribution in [1.29, 1.82) is 5.41 Å². The van der Waals surface area contributed by atoms with Gasteiger partial charge in [-0.25, -0.2) is 9.37 Å². The average molecular weight is 602 g/mol. The van der Waals surface area contributed by atoms with E-state index in [1.165, 1.54) is 21.6 Å². The molecule has 5 N–H and O–H groups in total. The molecule has 0 aliphatic heterocycles. The van der Waals surface area contributed by atoms with E-state index in [0.29, 0.717) is 30.8 Å². The van der Waals surface area contributed by atoms with Crippen LogP contribution in [0.15, 0.2) is 102 Å². The third-order valence-corrected chi connectivity index (χ3v) is 8.95. The van der Waals surface area contributed by atoms with Gasteiger partial charge >= 0.3 is 0 Å². The van der Waals surface area contributed by atoms with Crippen molar-refractivity contribution in [2.75, 3.05) is 12.3 Å². The Kier molecular flexibility index (Phi) is 8.42. The van der Waals surface area contributed by atoms with Crippen molar-refractivity contribution in [3.63, 3.8) is 0 Å². The molecule has 0 amide bonds. The molecule has 7 heteroatoms. The molecule has 2 aliphatic rings. The number of aryl methyl sites for hydroxylation is 1. The first-order valence-corrected chi connectivity index (χ1v) is 15.6. The highest BCUT2D eigenvalue weighted by Gasteiger charge is 2.25. The maximum atomic E-state index is 16.5. The number of rotatable bonds is 8. The van der Waals surface area contributed by atoms with Gasteiger partial charge in [-0.2, -0.15) is 0 Å². The lowest BCUT2D eigenvalue weighted by molar-refractivity contribution is 0.622. The van der Waals surface area contributed by atoms with E-state index in [1.807, 2.05) is 30.4 Å². The number of nitrogen functional groups attached to an aromatic ring is 1. The maximum absolute atomic E-state index is 16.5. The topological polar surface area (TPSA) is 90.6 Å². The highest BCUT2D eigenvalue weighted by Crippen LogP contribution is 2.35. The van der Waals surface area contributed by atoms with Crippen LogP contribution in [-0.2, 0) is 13.0 Å². The Hall–Kier alpha value is -4.59. The van der Waals surface area contributed by atoms with E-state index in [0.717, 1.165) is 39.5 Å². The average Bonchev–Trinajstić information content (AvgIpc) is 3.52. The molecule has 0 radical (unpaired) electrons. The minimum Gasteiger partial charge on any atom is -0.398 e. The van der Waals surface area contributed by atoms with Crippen molar-refractivity contribution in [2.45, 2.75) is 40.2 Å². The normalized spacial score (nSPS) is 14.9. The van der Waals surface area contributed by atoms with Crippen LogP contribution >= 0.6 is 11.3 Å². The summed E-state index contributed by atoms with van der Waals surface area (Å²) < 4.78 is 16.5. The third kappa shape index (κ3) is 6.20. The Morgan fingerprint density at radius 3 is 2.59 bits per heavy atom. The number of fused-ring (bicyclic) bond motifs is 1. The smallest absolute Gasteiger partial charge is 0.157 e. The number of nitrogens with two attached hydrogens (primary N) is 1. The molecule has 0 bridgehead atoms. The Morgan fingerprint density at radius 2 is 1.82 bits per heavy atom. The van der Waals surface area contributed by atoms with Gasteiger partial charge in [-0.3, -0.25) is 5.41 Å². The van der Waals surface area contributed by atoms with Crippen LogP contribution in [0.5, 0.6) is 0 Å². The van der Waals surface area contributed by atoms with Gasteiger partial charge in [0.2, 0.25) is 0 Å². The van der Waals surface area contributed by atoms with E-state index in [4.69, 9.17) is 16.1 Å². The number of anilines is 1. The van der Waals surface area contributed by atoms with Crippen molar-refractivity contribution < 1.29 is 4.39 Å². The second-order valence-electron chi connectivity index (χ2n) is 11.5. The van der Waals surface area contributed by atoms with Gasteiger partial charge in [0.15, 0.2) is 5.82 Å². The molecule has 0 unspecified atom stereocenters. The summed E-state index contributed by atoms with van der Waals surface area (Å²) in [5, 5.41) is 12.6. The van der Waals surface area contributed by atoms with Gasteiger partial charge in [0.1, 0.15) is 11.5 Å². The summed E-state index contributed by atoms with van der Waals surface area (Å²) in [6.45, 7) is 7.63. The zero-order valence-corrected chi connectivity index (χ0v) is 26.0. The first-order valence-electron chi connectivity index (χ1n) is 14.8. The predicted molar refractivity (Wildman–Crippen MR) is 182 cm³/mol. The number of nitrogens with one attached hydrogen (secondary N) is 3. The first kappa shape index (κ1) is 29.5. The minimum absolute atomic E-state index is 0.0585. The summed E-state index contributed by atoms with van der Waals surface area (Å²) in [4.78, 5) is 10.5. The van der Waals surface area contributed by atoms with E-state index in [1.54, 1.807) is 23.5 Å². The summed E-state index contributed by atoms with van der Waals surface area (Å²) >= 11 is 1.71. The third-order valence-electron chi connectivity index (χ3n) is 7.92. The van der Waals surface area contributed by atoms with E-state index in [-0.39, 0.29) is 17.0 Å². The molecular weight excluding hydrogens is 566 g/mol. The predicted octanol–water partition coefficient (Wildman–Crippen LogP) is 8.30. The quantitative estimate of drug-likeness (QED) is 0.121. The lowest BCUT2D eigenvalue weighted by atomic mass is 9.96. The number of hydrogen-bond donors (Lipinski definition) is 4. The standard InChI is InChI=1S/C37H36FN5S/c1-22-9-12-27(19-26(17-22)21-41-20-25-7-5-4-6-8-25)28-14-15-30(39)33(34(28)38)35(40)37-42-31-18-23(2)10-13-29(36(31)43-37)32-16-11-24(3)44-32/h4-8,10-17,19,40-41H,9,18,20-21,39H2,1-3H3,(H,42,43). The number of imidazole rings is 1. The Bertz CT molecular complexity index is 1900. The van der Waals surface area contributed by atoms with Crippen molar-refractivity contribution in [2.24, 2.45) is 0 Å². The summed E-state index contributed by atoms with van der Waals surface area (Å²) in [6.07, 6.45) is 11.8. The van der Waals surface area contributed by atoms with Crippen molar-refractivity contribution >= 4 is 33.9 Å². The summed E-state index contributed by atoms with van der Waals surface area (Å²) in [5.74, 6) is -0.207. The highest BCUT2D eigenvalue weighted by atomic mass is 32.1. The van der Waals surface area contributed by atoms with E-state index >= 15 is 4.39 Å². The van der Waals surface area contributed by atoms with Crippen LogP contribution in [-0.4, -0.2) is 22.2 Å². The molecule has 0 spiro atoms. The maximum Gasteiger partial charge on any atom is 0.157 e. The van der Waals surface area contributed by atoms with Gasteiger partial charge in [-0.15, -0.1) is 11.3 Å². The lowest BCUT2D eigenvalue weighted by Gasteiger charge is -2.13. The molecule has 2 heterocycles. The highest BCUT2D eigenvalue weighted by molar-refractivity contribution is 7.13. The number of nitrogens with zero attached hydrogens (tertiary/aromatic N) is 1. The molecule has 0 saturated heterocycles. The van der Waals surface area contributed by atoms with Gasteiger partial charge in [-0.05, 0) is 68.2 Å². The minimum atomic E-state index is -0.513. The van der Waals surface area contributed by atoms with Crippen molar-refractivity contribution in [3.05, 3.63) is 151 Å². The second-order valence-corrected chi connectivity index (χ2v) is 12.8. The molecule has 44 heavy (non-hydrogen) atoms. The number of halogens is 1. The summed E-state index contributed by atoms with van der Waals surface area (Å²) in [5.41, 5.74) is 15.1. The van der Waals surface area contributed by atoms with Crippen LogP contribution in [0.3, 0.4) is 0 Å². The Morgan fingerprint density at radius 1 is 1.00 bits per heavy atom. The van der Waals surface area contributed by atoms with Gasteiger partial charge in [0, 0.05) is 51.8 Å². The number of thiophene rings is 1. The largest absolute Gasteiger partial charge is 0.398 e. The Labute approximate surface area is 262 Å². The Balaban J connectivity index is 1.31. The zero-order valence-electron chi connectivity index (χ0n) is 25.2. The fourth-order valence-electron chi connectivity index (χ4n) is 5.67. The van der Waals surface area contributed by atoms with Crippen LogP contribution in [0.25, 0.3) is 11.1 Å². The van der Waals surface area contributed by atoms with E-state index < -0.39 is 5.82 Å². The lowest BCUT2D eigenvalue weighted by Crippen LogP contribution is -2.16. The summed E-state index contributed by atoms with van der Waals surface area (Å²) in [6, 6.07) is 17.9. The number of aromatic amines is 1. The first-order chi connectivity index (χ1) is 21.3. The number of hydrogen-bond acceptors (Lipinski definition) is 5. The van der Waals surface area contributed by atoms with Crippen LogP contribution in [0.2, 0.25) is 0 Å². The molecular formula is C37H36FN5S. The fourth-order valence-corrected chi connectivity index (χ4v) is 6.56. The number of allylic oxidation sites excluding steroid dienone is 7. The molecule has 0 fully saturated rings. The second kappa shape index (κ2) is 12.6. The molecule has 2 aromatic carbocycles. The molecule has 5 nitrogen and oxygen atoms in total. The molecule has 4 aromatic rings. The van der Waals surface area contributed by atoms with Crippen molar-refractivity contribution in [3.8, 4) is 0 Å². The molecule has 2 aromatic heterocycles. The molecule has 0 atom stereocenters. The molecule has 222 valence electrons. The van der Waals surface area contributed by atoms with Crippen LogP contribution in [0.4, 0.5) is 10.1 Å². The number of aromatic nitrogens is 2. The van der Waals surface area contributed by atoms with E-state index in [2.05, 4.69) is 73.6 Å². The molecule has 2 aliphatic carbocycles. The molecule has 0 saturated carbocycles. The number of H-pyrrole nitrogens is 1.